The third kappa shape index (κ3) is 15.4. The van der Waals surface area contributed by atoms with Crippen molar-refractivity contribution in [1.82, 2.24) is 44.9 Å². The van der Waals surface area contributed by atoms with E-state index in [1.54, 1.807) is 0 Å². The molecule has 6 aromatic heterocycles. The van der Waals surface area contributed by atoms with Gasteiger partial charge in [-0.25, -0.2) is 44.9 Å². The lowest BCUT2D eigenvalue weighted by molar-refractivity contribution is 0.668. The van der Waals surface area contributed by atoms with Gasteiger partial charge >= 0.3 is 0 Å². The number of rotatable bonds is 13. The van der Waals surface area contributed by atoms with E-state index >= 15 is 0 Å². The van der Waals surface area contributed by atoms with Crippen LogP contribution in [0.4, 0.5) is 0 Å². The summed E-state index contributed by atoms with van der Waals surface area (Å²) in [6.45, 7) is 0. The molecule has 0 amide bonds. The summed E-state index contributed by atoms with van der Waals surface area (Å²) < 4.78 is 18.4. The van der Waals surface area contributed by atoms with Crippen LogP contribution in [0, 0.1) is 0 Å². The van der Waals surface area contributed by atoms with Crippen molar-refractivity contribution in [3.8, 4) is 147 Å². The summed E-state index contributed by atoms with van der Waals surface area (Å²) in [6, 6.07) is 161. The molecule has 12 heteroatoms. The van der Waals surface area contributed by atoms with Gasteiger partial charge in [0.25, 0.3) is 0 Å². The summed E-state index contributed by atoms with van der Waals surface area (Å²) in [4.78, 5) is 45.2. The second-order valence-electron chi connectivity index (χ2n) is 34.2. The summed E-state index contributed by atoms with van der Waals surface area (Å²) >= 11 is 0. The van der Waals surface area contributed by atoms with Crippen molar-refractivity contribution < 1.29 is 13.3 Å². The smallest absolute Gasteiger partial charge is 0.164 e. The quantitative estimate of drug-likeness (QED) is 0.108. The Morgan fingerprint density at radius 2 is 0.372 bits per heavy atom. The summed E-state index contributed by atoms with van der Waals surface area (Å²) in [5, 5.41) is 18.1. The molecular weight excluding hydrogens is 1680 g/mol. The Bertz CT molecular complexity index is 9270. The maximum Gasteiger partial charge on any atom is 0.164 e. The number of benzene rings is 21. The molecule has 137 heavy (non-hydrogen) atoms. The van der Waals surface area contributed by atoms with E-state index in [9.17, 15) is 0 Å². The third-order valence-electron chi connectivity index (χ3n) is 25.8. The van der Waals surface area contributed by atoms with Gasteiger partial charge in [-0.15, -0.1) is 0 Å². The van der Waals surface area contributed by atoms with Crippen molar-refractivity contribution in [3.63, 3.8) is 0 Å². The summed E-state index contributed by atoms with van der Waals surface area (Å²) in [5.41, 5.74) is 23.0. The largest absolute Gasteiger partial charge is 0.456 e. The second kappa shape index (κ2) is 34.6. The first kappa shape index (κ1) is 80.4. The molecule has 21 aromatic carbocycles. The lowest BCUT2D eigenvalue weighted by Gasteiger charge is -2.13. The van der Waals surface area contributed by atoms with E-state index in [2.05, 4.69) is 352 Å². The SMILES string of the molecule is c1ccc(-c2ccc(-c3nc(-c4ccccc4)nc(-c4ccc(-c5cccc6oc7ccccc7c56)cc4)n3)cc2)cc1.c1ccc(-c2nc(-c3ccc4ccccc4c3)nc(-c3ccc(-c4ccc5oc6ccccc6c5c4)c4ccccc34)n2)cc1.c1ccc2cc(-c3nc(-c4ccc5ccccc5c4)nc(-c4ccc(-c5ccc6oc7ccccc7c6c5)c5ccccc45)n3)ccc2c1. The minimum absolute atomic E-state index is 0.634. The number of para-hydroxylation sites is 3. The molecule has 0 bridgehead atoms. The molecule has 6 heterocycles. The molecule has 12 nitrogen and oxygen atoms in total. The van der Waals surface area contributed by atoms with Gasteiger partial charge in [0.05, 0.1) is 0 Å². The highest BCUT2D eigenvalue weighted by Crippen LogP contribution is 2.44. The topological polar surface area (TPSA) is 155 Å². The van der Waals surface area contributed by atoms with Crippen molar-refractivity contribution in [2.75, 3.05) is 0 Å². The molecule has 27 rings (SSSR count). The zero-order valence-electron chi connectivity index (χ0n) is 73.7. The van der Waals surface area contributed by atoms with Crippen molar-refractivity contribution in [1.29, 1.82) is 0 Å². The first-order valence-corrected chi connectivity index (χ1v) is 45.7. The minimum atomic E-state index is 0.634. The minimum Gasteiger partial charge on any atom is -0.456 e. The fourth-order valence-electron chi connectivity index (χ4n) is 19.0. The predicted octanol–water partition coefficient (Wildman–Crippen LogP) is 32.8. The summed E-state index contributed by atoms with van der Waals surface area (Å²) in [7, 11) is 0. The Labute approximate surface area is 786 Å². The number of hydrogen-bond donors (Lipinski definition) is 0. The van der Waals surface area contributed by atoms with Crippen molar-refractivity contribution in [3.05, 3.63) is 467 Å². The molecule has 0 saturated carbocycles. The molecule has 0 aliphatic heterocycles. The van der Waals surface area contributed by atoms with Crippen LogP contribution < -0.4 is 0 Å². The zero-order chi connectivity index (χ0) is 90.6. The molecule has 0 aliphatic carbocycles. The Morgan fingerprint density at radius 3 is 0.781 bits per heavy atom. The van der Waals surface area contributed by atoms with Gasteiger partial charge in [-0.1, -0.05) is 388 Å². The molecule has 0 N–H and O–H groups in total. The van der Waals surface area contributed by atoms with Crippen LogP contribution in [0.25, 0.3) is 267 Å². The molecule has 640 valence electrons. The predicted molar refractivity (Wildman–Crippen MR) is 560 cm³/mol. The average molecular weight is 1750 g/mol. The Balaban J connectivity index is 0.000000109. The molecule has 0 fully saturated rings. The van der Waals surface area contributed by atoms with E-state index in [1.807, 2.05) is 115 Å². The molecular formula is C125H77N9O3. The van der Waals surface area contributed by atoms with Crippen LogP contribution >= 0.6 is 0 Å². The fourth-order valence-corrected chi connectivity index (χ4v) is 19.0. The standard InChI is InChI=1S/C45H27N3O.C41H25N3O.C39H25N3O/c1-3-11-30-25-33(19-17-28(30)9-1)43-46-44(34-20-18-29-10-2-4-12-31(29)26-34)48-45(47-43)39-23-22-35(36-13-5-6-14-37(36)39)32-21-24-42-40(27-32)38-15-7-8-16-41(38)49-42;1-2-11-27(12-3-1)39-42-40(30-19-18-26-10-4-5-13-28(26)24-30)44-41(43-39)35-22-21-31(32-14-6-7-15-33(32)35)29-20-23-38-36(25-29)34-16-8-9-17-37(34)45-38;1-3-10-26(11-4-1)27-18-22-30(23-19-27)38-40-37(29-12-5-2-6-13-29)41-39(42-38)31-24-20-28(21-25-31)32-15-9-17-35-36(32)33-14-7-8-16-34(33)43-35/h1-27H;1-25H;1-25H. The lowest BCUT2D eigenvalue weighted by atomic mass is 9.94. The third-order valence-corrected chi connectivity index (χ3v) is 25.8. The highest BCUT2D eigenvalue weighted by molar-refractivity contribution is 6.14. The lowest BCUT2D eigenvalue weighted by Crippen LogP contribution is -2.01. The highest BCUT2D eigenvalue weighted by Gasteiger charge is 2.23. The van der Waals surface area contributed by atoms with E-state index in [0.717, 1.165) is 193 Å². The number of nitrogens with zero attached hydrogens (tertiary/aromatic N) is 9. The van der Waals surface area contributed by atoms with Crippen LogP contribution in [0.2, 0.25) is 0 Å². The zero-order valence-corrected chi connectivity index (χ0v) is 73.7. The molecule has 0 radical (unpaired) electrons. The number of furan rings is 3. The van der Waals surface area contributed by atoms with Crippen molar-refractivity contribution >= 4 is 120 Å². The summed E-state index contributed by atoms with van der Waals surface area (Å²) in [6.07, 6.45) is 0. The van der Waals surface area contributed by atoms with Crippen LogP contribution in [-0.2, 0) is 0 Å². The van der Waals surface area contributed by atoms with E-state index in [1.165, 1.54) is 21.7 Å². The normalized spacial score (nSPS) is 11.5. The highest BCUT2D eigenvalue weighted by atomic mass is 16.3. The van der Waals surface area contributed by atoms with Gasteiger partial charge < -0.3 is 13.3 Å². The van der Waals surface area contributed by atoms with Gasteiger partial charge in [0, 0.05) is 82.4 Å². The number of fused-ring (bicyclic) bond motifs is 14. The van der Waals surface area contributed by atoms with Crippen molar-refractivity contribution in [2.45, 2.75) is 0 Å². The molecule has 0 saturated heterocycles. The van der Waals surface area contributed by atoms with Gasteiger partial charge in [-0.05, 0) is 177 Å². The molecule has 0 aliphatic rings. The van der Waals surface area contributed by atoms with Crippen LogP contribution in [0.5, 0.6) is 0 Å². The van der Waals surface area contributed by atoms with Crippen LogP contribution in [-0.4, -0.2) is 44.9 Å². The van der Waals surface area contributed by atoms with Gasteiger partial charge in [0.2, 0.25) is 0 Å². The Morgan fingerprint density at radius 1 is 0.117 bits per heavy atom. The van der Waals surface area contributed by atoms with E-state index in [4.69, 9.17) is 58.1 Å². The fraction of sp³-hybridized carbons (Fsp3) is 0. The number of hydrogen-bond acceptors (Lipinski definition) is 12. The van der Waals surface area contributed by atoms with Gasteiger partial charge in [0.1, 0.15) is 33.5 Å². The van der Waals surface area contributed by atoms with Crippen LogP contribution in [0.3, 0.4) is 0 Å². The molecule has 0 unspecified atom stereocenters. The van der Waals surface area contributed by atoms with E-state index in [-0.39, 0.29) is 0 Å². The monoisotopic (exact) mass is 1750 g/mol. The van der Waals surface area contributed by atoms with Crippen LogP contribution in [0.15, 0.2) is 480 Å². The molecule has 0 spiro atoms. The van der Waals surface area contributed by atoms with Crippen molar-refractivity contribution in [2.24, 2.45) is 0 Å². The Kier molecular flexibility index (Phi) is 20.3. The van der Waals surface area contributed by atoms with E-state index < -0.39 is 0 Å². The van der Waals surface area contributed by atoms with Gasteiger partial charge in [-0.3, -0.25) is 0 Å². The van der Waals surface area contributed by atoms with Crippen LogP contribution in [0.1, 0.15) is 0 Å². The second-order valence-corrected chi connectivity index (χ2v) is 34.2. The van der Waals surface area contributed by atoms with Gasteiger partial charge in [-0.2, -0.15) is 0 Å². The number of aromatic nitrogens is 9. The van der Waals surface area contributed by atoms with E-state index in [0.29, 0.717) is 52.4 Å². The maximum atomic E-state index is 6.13. The first-order chi connectivity index (χ1) is 67.8. The summed E-state index contributed by atoms with van der Waals surface area (Å²) in [5.74, 6) is 5.78. The Hall–Kier alpha value is -18.7. The average Bonchev–Trinajstić information content (AvgIpc) is 1.75. The molecule has 27 aromatic rings. The van der Waals surface area contributed by atoms with Gasteiger partial charge in [0.15, 0.2) is 52.4 Å². The first-order valence-electron chi connectivity index (χ1n) is 45.7. The molecule has 0 atom stereocenters. The maximum absolute atomic E-state index is 6.13.